The number of rotatable bonds is 4. The van der Waals surface area contributed by atoms with Gasteiger partial charge in [-0.3, -0.25) is 0 Å². The van der Waals surface area contributed by atoms with Crippen molar-refractivity contribution < 1.29 is 19.0 Å². The summed E-state index contributed by atoms with van der Waals surface area (Å²) >= 11 is 0. The minimum atomic E-state index is -1.05. The Morgan fingerprint density at radius 1 is 1.21 bits per heavy atom. The Morgan fingerprint density at radius 2 is 1.95 bits per heavy atom. The highest BCUT2D eigenvalue weighted by atomic mass is 19.1. The lowest BCUT2D eigenvalue weighted by Crippen LogP contribution is -2.00. The van der Waals surface area contributed by atoms with E-state index in [2.05, 4.69) is 0 Å². The lowest BCUT2D eigenvalue weighted by atomic mass is 10.0. The summed E-state index contributed by atoms with van der Waals surface area (Å²) in [6.07, 6.45) is 0. The molecule has 4 heteroatoms. The molecule has 0 heterocycles. The molecule has 0 fully saturated rings. The SMILES string of the molecule is CCOc1ccc(C(=O)O)cc1-c1ccccc1F. The fourth-order valence-corrected chi connectivity index (χ4v) is 1.83. The van der Waals surface area contributed by atoms with Gasteiger partial charge in [0.25, 0.3) is 0 Å². The second kappa shape index (κ2) is 5.52. The van der Waals surface area contributed by atoms with Gasteiger partial charge in [-0.2, -0.15) is 0 Å². The van der Waals surface area contributed by atoms with E-state index < -0.39 is 11.8 Å². The Bertz CT molecular complexity index is 608. The minimum Gasteiger partial charge on any atom is -0.493 e. The van der Waals surface area contributed by atoms with E-state index in [1.807, 2.05) is 6.92 Å². The first kappa shape index (κ1) is 13.1. The number of hydrogen-bond acceptors (Lipinski definition) is 2. The Labute approximate surface area is 110 Å². The first-order chi connectivity index (χ1) is 9.13. The quantitative estimate of drug-likeness (QED) is 0.913. The van der Waals surface area contributed by atoms with Crippen LogP contribution >= 0.6 is 0 Å². The summed E-state index contributed by atoms with van der Waals surface area (Å²) < 4.78 is 19.2. The van der Waals surface area contributed by atoms with Crippen LogP contribution in [-0.4, -0.2) is 17.7 Å². The topological polar surface area (TPSA) is 46.5 Å². The summed E-state index contributed by atoms with van der Waals surface area (Å²) in [5, 5.41) is 9.01. The van der Waals surface area contributed by atoms with Crippen LogP contribution in [0.5, 0.6) is 5.75 Å². The number of aromatic carboxylic acids is 1. The molecule has 0 radical (unpaired) electrons. The van der Waals surface area contributed by atoms with Crippen LogP contribution in [0.2, 0.25) is 0 Å². The predicted octanol–water partition coefficient (Wildman–Crippen LogP) is 3.59. The molecule has 0 aliphatic carbocycles. The average Bonchev–Trinajstić information content (AvgIpc) is 2.40. The van der Waals surface area contributed by atoms with Crippen molar-refractivity contribution in [3.8, 4) is 16.9 Å². The van der Waals surface area contributed by atoms with Crippen LogP contribution in [0.1, 0.15) is 17.3 Å². The highest BCUT2D eigenvalue weighted by Crippen LogP contribution is 2.32. The molecule has 1 N–H and O–H groups in total. The number of ether oxygens (including phenoxy) is 1. The average molecular weight is 260 g/mol. The van der Waals surface area contributed by atoms with Gasteiger partial charge in [0.2, 0.25) is 0 Å². The van der Waals surface area contributed by atoms with Crippen molar-refractivity contribution in [2.45, 2.75) is 6.92 Å². The molecule has 2 aromatic carbocycles. The minimum absolute atomic E-state index is 0.0988. The van der Waals surface area contributed by atoms with Gasteiger partial charge < -0.3 is 9.84 Å². The molecule has 0 atom stereocenters. The molecule has 0 spiro atoms. The normalized spacial score (nSPS) is 10.2. The lowest BCUT2D eigenvalue weighted by Gasteiger charge is -2.12. The Kier molecular flexibility index (Phi) is 3.80. The van der Waals surface area contributed by atoms with Gasteiger partial charge in [0, 0.05) is 11.1 Å². The van der Waals surface area contributed by atoms with Crippen molar-refractivity contribution in [2.24, 2.45) is 0 Å². The van der Waals surface area contributed by atoms with E-state index in [0.29, 0.717) is 23.5 Å². The largest absolute Gasteiger partial charge is 0.493 e. The van der Waals surface area contributed by atoms with E-state index in [-0.39, 0.29) is 5.56 Å². The third kappa shape index (κ3) is 2.73. The smallest absolute Gasteiger partial charge is 0.335 e. The van der Waals surface area contributed by atoms with E-state index in [9.17, 15) is 9.18 Å². The van der Waals surface area contributed by atoms with Gasteiger partial charge >= 0.3 is 5.97 Å². The fourth-order valence-electron chi connectivity index (χ4n) is 1.83. The van der Waals surface area contributed by atoms with Crippen LogP contribution in [0.25, 0.3) is 11.1 Å². The zero-order chi connectivity index (χ0) is 13.8. The summed E-state index contributed by atoms with van der Waals surface area (Å²) in [4.78, 5) is 11.0. The van der Waals surface area contributed by atoms with Crippen molar-refractivity contribution in [2.75, 3.05) is 6.61 Å². The van der Waals surface area contributed by atoms with Gasteiger partial charge in [-0.05, 0) is 31.2 Å². The molecule has 2 rings (SSSR count). The van der Waals surface area contributed by atoms with Crippen molar-refractivity contribution in [1.29, 1.82) is 0 Å². The Hall–Kier alpha value is -2.36. The molecule has 0 amide bonds. The molecule has 0 aliphatic rings. The fraction of sp³-hybridized carbons (Fsp3) is 0.133. The zero-order valence-electron chi connectivity index (χ0n) is 10.4. The second-order valence-electron chi connectivity index (χ2n) is 3.93. The summed E-state index contributed by atoms with van der Waals surface area (Å²) in [5.74, 6) is -0.996. The van der Waals surface area contributed by atoms with E-state index in [1.165, 1.54) is 18.2 Å². The first-order valence-electron chi connectivity index (χ1n) is 5.88. The third-order valence-electron chi connectivity index (χ3n) is 2.69. The van der Waals surface area contributed by atoms with Gasteiger partial charge in [-0.1, -0.05) is 18.2 Å². The highest BCUT2D eigenvalue weighted by Gasteiger charge is 2.13. The monoisotopic (exact) mass is 260 g/mol. The summed E-state index contributed by atoms with van der Waals surface area (Å²) in [6, 6.07) is 10.6. The Morgan fingerprint density at radius 3 is 2.58 bits per heavy atom. The molecular formula is C15H13FO3. The molecule has 19 heavy (non-hydrogen) atoms. The molecule has 2 aromatic rings. The maximum atomic E-state index is 13.8. The molecule has 3 nitrogen and oxygen atoms in total. The number of hydrogen-bond donors (Lipinski definition) is 1. The van der Waals surface area contributed by atoms with Gasteiger partial charge in [0.05, 0.1) is 12.2 Å². The standard InChI is InChI=1S/C15H13FO3/c1-2-19-14-8-7-10(15(17)18)9-12(14)11-5-3-4-6-13(11)16/h3-9H,2H2,1H3,(H,17,18). The van der Waals surface area contributed by atoms with Crippen LogP contribution in [0, 0.1) is 5.82 Å². The van der Waals surface area contributed by atoms with E-state index in [0.717, 1.165) is 0 Å². The molecule has 0 bridgehead atoms. The van der Waals surface area contributed by atoms with Crippen molar-refractivity contribution in [3.05, 3.63) is 53.8 Å². The van der Waals surface area contributed by atoms with Crippen LogP contribution in [0.4, 0.5) is 4.39 Å². The predicted molar refractivity (Wildman–Crippen MR) is 70.0 cm³/mol. The Balaban J connectivity index is 2.61. The summed E-state index contributed by atoms with van der Waals surface area (Å²) in [5.41, 5.74) is 0.871. The van der Waals surface area contributed by atoms with Gasteiger partial charge in [-0.15, -0.1) is 0 Å². The first-order valence-corrected chi connectivity index (χ1v) is 5.88. The maximum absolute atomic E-state index is 13.8. The van der Waals surface area contributed by atoms with Gasteiger partial charge in [0.15, 0.2) is 0 Å². The molecule has 0 saturated heterocycles. The van der Waals surface area contributed by atoms with Crippen LogP contribution in [-0.2, 0) is 0 Å². The number of halogens is 1. The number of carboxylic acids is 1. The van der Waals surface area contributed by atoms with Crippen molar-refractivity contribution in [3.63, 3.8) is 0 Å². The summed E-state index contributed by atoms with van der Waals surface area (Å²) in [7, 11) is 0. The van der Waals surface area contributed by atoms with Crippen LogP contribution in [0.3, 0.4) is 0 Å². The molecule has 0 saturated carbocycles. The molecule has 0 aromatic heterocycles. The number of carboxylic acid groups (broad SMARTS) is 1. The van der Waals surface area contributed by atoms with Crippen molar-refractivity contribution >= 4 is 5.97 Å². The zero-order valence-corrected chi connectivity index (χ0v) is 10.4. The lowest BCUT2D eigenvalue weighted by molar-refractivity contribution is 0.0697. The molecule has 98 valence electrons. The van der Waals surface area contributed by atoms with Crippen molar-refractivity contribution in [1.82, 2.24) is 0 Å². The van der Waals surface area contributed by atoms with Gasteiger partial charge in [-0.25, -0.2) is 9.18 Å². The third-order valence-corrected chi connectivity index (χ3v) is 2.69. The van der Waals surface area contributed by atoms with Crippen LogP contribution < -0.4 is 4.74 Å². The van der Waals surface area contributed by atoms with Crippen LogP contribution in [0.15, 0.2) is 42.5 Å². The summed E-state index contributed by atoms with van der Waals surface area (Å²) in [6.45, 7) is 2.24. The maximum Gasteiger partial charge on any atom is 0.335 e. The molecule has 0 unspecified atom stereocenters. The van der Waals surface area contributed by atoms with Gasteiger partial charge in [0.1, 0.15) is 11.6 Å². The molecular weight excluding hydrogens is 247 g/mol. The molecule has 0 aliphatic heterocycles. The highest BCUT2D eigenvalue weighted by molar-refractivity contribution is 5.90. The number of carbonyl (C=O) groups is 1. The van der Waals surface area contributed by atoms with E-state index >= 15 is 0 Å². The van der Waals surface area contributed by atoms with E-state index in [4.69, 9.17) is 9.84 Å². The second-order valence-corrected chi connectivity index (χ2v) is 3.93. The number of benzene rings is 2. The van der Waals surface area contributed by atoms with E-state index in [1.54, 1.807) is 24.3 Å².